The van der Waals surface area contributed by atoms with Gasteiger partial charge < -0.3 is 14.2 Å². The fraction of sp³-hybridized carbons (Fsp3) is 0.222. The highest BCUT2D eigenvalue weighted by Gasteiger charge is 2.21. The largest absolute Gasteiger partial charge is 0.490 e. The Labute approximate surface area is 153 Å². The minimum atomic E-state index is -0.746. The van der Waals surface area contributed by atoms with E-state index >= 15 is 0 Å². The summed E-state index contributed by atoms with van der Waals surface area (Å²) in [5, 5.41) is 4.28. The van der Waals surface area contributed by atoms with Crippen molar-refractivity contribution >= 4 is 28.5 Å². The molecule has 0 aliphatic rings. The molecule has 5 nitrogen and oxygen atoms in total. The Hall–Kier alpha value is -2.67. The van der Waals surface area contributed by atoms with Crippen molar-refractivity contribution in [1.29, 1.82) is 0 Å². The first-order valence-corrected chi connectivity index (χ1v) is 8.14. The van der Waals surface area contributed by atoms with Crippen molar-refractivity contribution < 1.29 is 22.8 Å². The quantitative estimate of drug-likeness (QED) is 0.662. The zero-order chi connectivity index (χ0) is 18.8. The predicted molar refractivity (Wildman–Crippen MR) is 93.2 cm³/mol. The van der Waals surface area contributed by atoms with Gasteiger partial charge in [-0.15, -0.1) is 0 Å². The summed E-state index contributed by atoms with van der Waals surface area (Å²) in [6.07, 6.45) is 0. The van der Waals surface area contributed by atoms with E-state index in [0.29, 0.717) is 17.7 Å². The van der Waals surface area contributed by atoms with Crippen molar-refractivity contribution in [2.24, 2.45) is 0 Å². The summed E-state index contributed by atoms with van der Waals surface area (Å²) < 4.78 is 38.8. The number of nitrogens with zero attached hydrogens (tertiary/aromatic N) is 2. The first kappa shape index (κ1) is 18.1. The number of aromatic nitrogens is 1. The highest BCUT2D eigenvalue weighted by atomic mass is 35.5. The second kappa shape index (κ2) is 7.29. The minimum Gasteiger partial charge on any atom is -0.490 e. The Bertz CT molecular complexity index is 954. The van der Waals surface area contributed by atoms with Gasteiger partial charge in [0.25, 0.3) is 0 Å². The maximum atomic E-state index is 14.0. The van der Waals surface area contributed by atoms with Gasteiger partial charge in [-0.3, -0.25) is 4.79 Å². The molecule has 0 fully saturated rings. The number of hydrogen-bond donors (Lipinski definition) is 0. The lowest BCUT2D eigenvalue weighted by molar-refractivity contribution is -0.127. The Morgan fingerprint density at radius 3 is 2.62 bits per heavy atom. The number of rotatable bonds is 5. The SMILES string of the molecule is CC(=O)N(C)CCOc1ccc2c(-c3c(F)cccc3F)noc2c1Cl. The molecule has 8 heteroatoms. The summed E-state index contributed by atoms with van der Waals surface area (Å²) in [5.41, 5.74) is -0.0822. The summed E-state index contributed by atoms with van der Waals surface area (Å²) in [5.74, 6) is -1.25. The number of amides is 1. The van der Waals surface area contributed by atoms with Gasteiger partial charge in [-0.25, -0.2) is 8.78 Å². The molecule has 3 aromatic rings. The number of likely N-dealkylation sites (N-methyl/N-ethyl adjacent to an activating group) is 1. The molecule has 1 amide bonds. The van der Waals surface area contributed by atoms with Gasteiger partial charge >= 0.3 is 0 Å². The summed E-state index contributed by atoms with van der Waals surface area (Å²) in [7, 11) is 1.65. The lowest BCUT2D eigenvalue weighted by Crippen LogP contribution is -2.28. The molecular formula is C18H15ClF2N2O3. The Balaban J connectivity index is 1.91. The number of benzene rings is 2. The third-order valence-electron chi connectivity index (χ3n) is 3.97. The molecular weight excluding hydrogens is 366 g/mol. The Morgan fingerprint density at radius 2 is 1.96 bits per heavy atom. The molecule has 0 saturated heterocycles. The third-order valence-corrected chi connectivity index (χ3v) is 4.32. The molecule has 0 bridgehead atoms. The maximum absolute atomic E-state index is 14.0. The van der Waals surface area contributed by atoms with E-state index < -0.39 is 11.6 Å². The highest BCUT2D eigenvalue weighted by molar-refractivity contribution is 6.36. The number of ether oxygens (including phenoxy) is 1. The molecule has 0 aliphatic heterocycles. The first-order valence-electron chi connectivity index (χ1n) is 7.77. The fourth-order valence-electron chi connectivity index (χ4n) is 2.42. The van der Waals surface area contributed by atoms with Crippen LogP contribution in [0.5, 0.6) is 5.75 Å². The van der Waals surface area contributed by atoms with E-state index in [0.717, 1.165) is 12.1 Å². The minimum absolute atomic E-state index is 0.0281. The Kier molecular flexibility index (Phi) is 5.08. The fourth-order valence-corrected chi connectivity index (χ4v) is 2.67. The standard InChI is InChI=1S/C18H15ClF2N2O3/c1-10(24)23(2)8-9-25-14-7-6-11-17(22-26-18(11)16(14)19)15-12(20)4-3-5-13(15)21/h3-7H,8-9H2,1-2H3. The molecule has 3 rings (SSSR count). The summed E-state index contributed by atoms with van der Waals surface area (Å²) in [6.45, 7) is 2.06. The van der Waals surface area contributed by atoms with Gasteiger partial charge in [0.15, 0.2) is 5.58 Å². The molecule has 1 heterocycles. The normalized spacial score (nSPS) is 11.0. The molecule has 0 atom stereocenters. The van der Waals surface area contributed by atoms with Crippen molar-refractivity contribution in [3.05, 3.63) is 47.0 Å². The molecule has 136 valence electrons. The van der Waals surface area contributed by atoms with Crippen LogP contribution in [0.2, 0.25) is 5.02 Å². The monoisotopic (exact) mass is 380 g/mol. The molecule has 0 aliphatic carbocycles. The summed E-state index contributed by atoms with van der Waals surface area (Å²) >= 11 is 6.27. The van der Waals surface area contributed by atoms with Crippen LogP contribution in [0.1, 0.15) is 6.92 Å². The third kappa shape index (κ3) is 3.35. The van der Waals surface area contributed by atoms with E-state index in [-0.39, 0.29) is 34.4 Å². The average molecular weight is 381 g/mol. The molecule has 0 radical (unpaired) electrons. The van der Waals surface area contributed by atoms with Gasteiger partial charge in [0.1, 0.15) is 34.7 Å². The number of hydrogen-bond acceptors (Lipinski definition) is 4. The van der Waals surface area contributed by atoms with Crippen LogP contribution in [0.3, 0.4) is 0 Å². The second-order valence-electron chi connectivity index (χ2n) is 5.67. The lowest BCUT2D eigenvalue weighted by atomic mass is 10.1. The van der Waals surface area contributed by atoms with Gasteiger partial charge in [0.05, 0.1) is 17.5 Å². The number of carbonyl (C=O) groups is 1. The molecule has 26 heavy (non-hydrogen) atoms. The zero-order valence-electron chi connectivity index (χ0n) is 14.1. The number of halogens is 3. The van der Waals surface area contributed by atoms with Gasteiger partial charge in [0, 0.05) is 14.0 Å². The van der Waals surface area contributed by atoms with Crippen molar-refractivity contribution in [2.45, 2.75) is 6.92 Å². The van der Waals surface area contributed by atoms with Crippen LogP contribution in [-0.2, 0) is 4.79 Å². The van der Waals surface area contributed by atoms with Crippen LogP contribution < -0.4 is 4.74 Å². The van der Waals surface area contributed by atoms with Crippen molar-refractivity contribution in [3.63, 3.8) is 0 Å². The van der Waals surface area contributed by atoms with E-state index in [9.17, 15) is 13.6 Å². The van der Waals surface area contributed by atoms with Gasteiger partial charge in [0.2, 0.25) is 5.91 Å². The van der Waals surface area contributed by atoms with Gasteiger partial charge in [-0.1, -0.05) is 22.8 Å². The van der Waals surface area contributed by atoms with Gasteiger partial charge in [-0.05, 0) is 24.3 Å². The highest BCUT2D eigenvalue weighted by Crippen LogP contribution is 2.38. The first-order chi connectivity index (χ1) is 12.4. The molecule has 0 unspecified atom stereocenters. The smallest absolute Gasteiger partial charge is 0.219 e. The van der Waals surface area contributed by atoms with Crippen molar-refractivity contribution in [3.8, 4) is 17.0 Å². The van der Waals surface area contributed by atoms with Crippen molar-refractivity contribution in [2.75, 3.05) is 20.2 Å². The van der Waals surface area contributed by atoms with Crippen LogP contribution in [0, 0.1) is 11.6 Å². The number of carbonyl (C=O) groups excluding carboxylic acids is 1. The molecule has 0 spiro atoms. The summed E-state index contributed by atoms with van der Waals surface area (Å²) in [6, 6.07) is 6.70. The predicted octanol–water partition coefficient (Wildman–Crippen LogP) is 4.28. The van der Waals surface area contributed by atoms with E-state index in [1.807, 2.05) is 0 Å². The van der Waals surface area contributed by atoms with E-state index in [1.165, 1.54) is 17.9 Å². The van der Waals surface area contributed by atoms with E-state index in [1.54, 1.807) is 19.2 Å². The maximum Gasteiger partial charge on any atom is 0.219 e. The molecule has 2 aromatic carbocycles. The molecule has 1 aromatic heterocycles. The van der Waals surface area contributed by atoms with Crippen LogP contribution in [-0.4, -0.2) is 36.2 Å². The van der Waals surface area contributed by atoms with Crippen LogP contribution in [0.4, 0.5) is 8.78 Å². The number of fused-ring (bicyclic) bond motifs is 1. The van der Waals surface area contributed by atoms with E-state index in [4.69, 9.17) is 20.9 Å². The van der Waals surface area contributed by atoms with E-state index in [2.05, 4.69) is 5.16 Å². The van der Waals surface area contributed by atoms with Crippen LogP contribution in [0.25, 0.3) is 22.2 Å². The molecule has 0 N–H and O–H groups in total. The topological polar surface area (TPSA) is 55.6 Å². The van der Waals surface area contributed by atoms with Crippen molar-refractivity contribution in [1.82, 2.24) is 10.1 Å². The second-order valence-corrected chi connectivity index (χ2v) is 6.05. The van der Waals surface area contributed by atoms with Crippen LogP contribution in [0.15, 0.2) is 34.9 Å². The van der Waals surface area contributed by atoms with Crippen LogP contribution >= 0.6 is 11.6 Å². The summed E-state index contributed by atoms with van der Waals surface area (Å²) in [4.78, 5) is 12.7. The average Bonchev–Trinajstić information content (AvgIpc) is 3.01. The molecule has 0 saturated carbocycles. The Morgan fingerprint density at radius 1 is 1.27 bits per heavy atom. The lowest BCUT2D eigenvalue weighted by Gasteiger charge is -2.15. The van der Waals surface area contributed by atoms with Gasteiger partial charge in [-0.2, -0.15) is 0 Å². The zero-order valence-corrected chi connectivity index (χ0v) is 14.8.